The van der Waals surface area contributed by atoms with E-state index in [2.05, 4.69) is 5.32 Å². The number of anilines is 1. The molecule has 1 atom stereocenters. The molecule has 0 spiro atoms. The smallest absolute Gasteiger partial charge is 0.264 e. The highest BCUT2D eigenvalue weighted by molar-refractivity contribution is 7.92. The molecule has 0 aliphatic heterocycles. The SMILES string of the molecule is Cc1ccccc1CN(C(=O)CN(c1ccc(Cl)c(Cl)c1)S(=O)(=O)c1ccccc1)C(Cc1ccccc1)C(=O)NC1CCCCC1. The molecule has 47 heavy (non-hydrogen) atoms. The largest absolute Gasteiger partial charge is 0.352 e. The van der Waals surface area contributed by atoms with E-state index in [-0.39, 0.29) is 45.5 Å². The first kappa shape index (κ1) is 34.5. The zero-order valence-electron chi connectivity index (χ0n) is 26.3. The summed E-state index contributed by atoms with van der Waals surface area (Å²) >= 11 is 12.5. The van der Waals surface area contributed by atoms with E-state index in [0.717, 1.165) is 53.1 Å². The van der Waals surface area contributed by atoms with Crippen LogP contribution in [-0.2, 0) is 32.6 Å². The van der Waals surface area contributed by atoms with Gasteiger partial charge in [0.2, 0.25) is 11.8 Å². The molecule has 1 N–H and O–H groups in total. The van der Waals surface area contributed by atoms with Gasteiger partial charge in [-0.05, 0) is 66.8 Å². The molecule has 0 aromatic heterocycles. The number of aryl methyl sites for hydroxylation is 1. The number of amides is 2. The molecule has 0 heterocycles. The summed E-state index contributed by atoms with van der Waals surface area (Å²) in [6.45, 7) is 1.50. The first-order valence-electron chi connectivity index (χ1n) is 15.8. The standard InChI is InChI=1S/C37H39Cl2N3O4S/c1-27-13-11-12-16-29(27)25-41(35(23-28-14-5-2-6-15-28)37(44)40-30-17-7-3-8-18-30)36(43)26-42(31-21-22-33(38)34(39)24-31)47(45,46)32-19-9-4-10-20-32/h2,4-6,9-16,19-22,24,30,35H,3,7-8,17-18,23,25-26H2,1H3,(H,40,44). The number of hydrogen-bond acceptors (Lipinski definition) is 4. The van der Waals surface area contributed by atoms with Crippen LogP contribution in [0, 0.1) is 6.92 Å². The molecular weight excluding hydrogens is 653 g/mol. The fourth-order valence-corrected chi connectivity index (χ4v) is 7.68. The Kier molecular flexibility index (Phi) is 11.6. The maximum atomic E-state index is 14.7. The number of benzene rings is 4. The van der Waals surface area contributed by atoms with Crippen LogP contribution < -0.4 is 9.62 Å². The Hall–Kier alpha value is -3.85. The highest BCUT2D eigenvalue weighted by atomic mass is 35.5. The van der Waals surface area contributed by atoms with E-state index in [1.807, 2.05) is 61.5 Å². The van der Waals surface area contributed by atoms with Gasteiger partial charge in [0.25, 0.3) is 10.0 Å². The Labute approximate surface area is 287 Å². The molecule has 2 amide bonds. The fourth-order valence-electron chi connectivity index (χ4n) is 5.96. The molecule has 1 fully saturated rings. The highest BCUT2D eigenvalue weighted by Crippen LogP contribution is 2.31. The average molecular weight is 693 g/mol. The van der Waals surface area contributed by atoms with E-state index in [9.17, 15) is 18.0 Å². The first-order chi connectivity index (χ1) is 22.6. The molecule has 7 nitrogen and oxygen atoms in total. The van der Waals surface area contributed by atoms with Crippen LogP contribution in [-0.4, -0.2) is 43.8 Å². The van der Waals surface area contributed by atoms with Crippen molar-refractivity contribution in [2.75, 3.05) is 10.8 Å². The second-order valence-corrected chi connectivity index (χ2v) is 14.6. The number of halogens is 2. The molecule has 4 aromatic rings. The first-order valence-corrected chi connectivity index (χ1v) is 18.0. The number of nitrogens with one attached hydrogen (secondary N) is 1. The van der Waals surface area contributed by atoms with Crippen LogP contribution in [0.15, 0.2) is 108 Å². The van der Waals surface area contributed by atoms with Gasteiger partial charge in [0.15, 0.2) is 0 Å². The van der Waals surface area contributed by atoms with Crippen molar-refractivity contribution < 1.29 is 18.0 Å². The minimum Gasteiger partial charge on any atom is -0.352 e. The van der Waals surface area contributed by atoms with Crippen LogP contribution in [0.5, 0.6) is 0 Å². The van der Waals surface area contributed by atoms with Gasteiger partial charge < -0.3 is 10.2 Å². The van der Waals surface area contributed by atoms with Gasteiger partial charge >= 0.3 is 0 Å². The van der Waals surface area contributed by atoms with Crippen molar-refractivity contribution in [2.45, 2.75) is 69.0 Å². The van der Waals surface area contributed by atoms with E-state index in [1.165, 1.54) is 35.2 Å². The normalized spacial score (nSPS) is 14.3. The van der Waals surface area contributed by atoms with Crippen molar-refractivity contribution in [3.8, 4) is 0 Å². The van der Waals surface area contributed by atoms with E-state index in [4.69, 9.17) is 23.2 Å². The van der Waals surface area contributed by atoms with Crippen molar-refractivity contribution in [2.24, 2.45) is 0 Å². The highest BCUT2D eigenvalue weighted by Gasteiger charge is 2.35. The van der Waals surface area contributed by atoms with E-state index >= 15 is 0 Å². The Morgan fingerprint density at radius 2 is 1.47 bits per heavy atom. The molecule has 246 valence electrons. The predicted molar refractivity (Wildman–Crippen MR) is 188 cm³/mol. The molecule has 0 saturated heterocycles. The van der Waals surface area contributed by atoms with E-state index in [0.29, 0.717) is 0 Å². The topological polar surface area (TPSA) is 86.8 Å². The fraction of sp³-hybridized carbons (Fsp3) is 0.297. The molecular formula is C37H39Cl2N3O4S. The molecule has 0 bridgehead atoms. The molecule has 1 aliphatic rings. The summed E-state index contributed by atoms with van der Waals surface area (Å²) in [7, 11) is -4.24. The predicted octanol–water partition coefficient (Wildman–Crippen LogP) is 7.59. The van der Waals surface area contributed by atoms with E-state index in [1.54, 1.807) is 18.2 Å². The maximum Gasteiger partial charge on any atom is 0.264 e. The van der Waals surface area contributed by atoms with Crippen molar-refractivity contribution in [3.63, 3.8) is 0 Å². The molecule has 10 heteroatoms. The number of carbonyl (C=O) groups excluding carboxylic acids is 2. The molecule has 1 aliphatic carbocycles. The van der Waals surface area contributed by atoms with Gasteiger partial charge in [-0.2, -0.15) is 0 Å². The summed E-state index contributed by atoms with van der Waals surface area (Å²) in [5, 5.41) is 3.63. The number of carbonyl (C=O) groups is 2. The summed E-state index contributed by atoms with van der Waals surface area (Å²) in [4.78, 5) is 30.4. The number of sulfonamides is 1. The maximum absolute atomic E-state index is 14.7. The van der Waals surface area contributed by atoms with Crippen molar-refractivity contribution in [1.82, 2.24) is 10.2 Å². The van der Waals surface area contributed by atoms with Crippen LogP contribution in [0.3, 0.4) is 0 Å². The van der Waals surface area contributed by atoms with Crippen LogP contribution in [0.2, 0.25) is 10.0 Å². The third-order valence-corrected chi connectivity index (χ3v) is 11.2. The Morgan fingerprint density at radius 1 is 0.830 bits per heavy atom. The lowest BCUT2D eigenvalue weighted by Crippen LogP contribution is -2.55. The second-order valence-electron chi connectivity index (χ2n) is 11.9. The molecule has 5 rings (SSSR count). The van der Waals surface area contributed by atoms with Crippen LogP contribution in [0.4, 0.5) is 5.69 Å². The van der Waals surface area contributed by atoms with Crippen LogP contribution >= 0.6 is 23.2 Å². The number of rotatable bonds is 12. The van der Waals surface area contributed by atoms with Crippen molar-refractivity contribution >= 4 is 50.7 Å². The van der Waals surface area contributed by atoms with Gasteiger partial charge in [-0.1, -0.05) is 115 Å². The summed E-state index contributed by atoms with van der Waals surface area (Å²) in [6.07, 6.45) is 5.24. The lowest BCUT2D eigenvalue weighted by molar-refractivity contribution is -0.140. The van der Waals surface area contributed by atoms with Gasteiger partial charge in [0.05, 0.1) is 20.6 Å². The third-order valence-electron chi connectivity index (χ3n) is 8.63. The van der Waals surface area contributed by atoms with Crippen molar-refractivity contribution in [1.29, 1.82) is 0 Å². The lowest BCUT2D eigenvalue weighted by atomic mass is 9.94. The quantitative estimate of drug-likeness (QED) is 0.166. The van der Waals surface area contributed by atoms with Crippen LogP contribution in [0.1, 0.15) is 48.8 Å². The van der Waals surface area contributed by atoms with Gasteiger partial charge in [0, 0.05) is 19.0 Å². The zero-order valence-corrected chi connectivity index (χ0v) is 28.6. The second kappa shape index (κ2) is 15.8. The van der Waals surface area contributed by atoms with E-state index < -0.39 is 28.5 Å². The molecule has 1 unspecified atom stereocenters. The van der Waals surface area contributed by atoms with Crippen LogP contribution in [0.25, 0.3) is 0 Å². The Bertz CT molecular complexity index is 1780. The molecule has 4 aromatic carbocycles. The summed E-state index contributed by atoms with van der Waals surface area (Å²) < 4.78 is 29.4. The van der Waals surface area contributed by atoms with Gasteiger partial charge in [-0.25, -0.2) is 8.42 Å². The average Bonchev–Trinajstić information content (AvgIpc) is 3.08. The summed E-state index contributed by atoms with van der Waals surface area (Å²) in [5.41, 5.74) is 2.88. The lowest BCUT2D eigenvalue weighted by Gasteiger charge is -2.35. The number of hydrogen-bond donors (Lipinski definition) is 1. The van der Waals surface area contributed by atoms with Crippen molar-refractivity contribution in [3.05, 3.63) is 130 Å². The molecule has 0 radical (unpaired) electrons. The Balaban J connectivity index is 1.58. The monoisotopic (exact) mass is 691 g/mol. The summed E-state index contributed by atoms with van der Waals surface area (Å²) in [6, 6.07) is 28.7. The van der Waals surface area contributed by atoms with Gasteiger partial charge in [0.1, 0.15) is 12.6 Å². The van der Waals surface area contributed by atoms with Gasteiger partial charge in [-0.3, -0.25) is 13.9 Å². The Morgan fingerprint density at radius 3 is 2.13 bits per heavy atom. The summed E-state index contributed by atoms with van der Waals surface area (Å²) in [5.74, 6) is -0.784. The minimum absolute atomic E-state index is 0.0141. The zero-order chi connectivity index (χ0) is 33.4. The minimum atomic E-state index is -4.24. The third kappa shape index (κ3) is 8.74. The van der Waals surface area contributed by atoms with Gasteiger partial charge in [-0.15, -0.1) is 0 Å². The number of nitrogens with zero attached hydrogens (tertiary/aromatic N) is 2. The molecule has 1 saturated carbocycles.